The van der Waals surface area contributed by atoms with Crippen molar-refractivity contribution in [2.45, 2.75) is 6.92 Å². The van der Waals surface area contributed by atoms with Crippen LogP contribution in [-0.4, -0.2) is 23.1 Å². The van der Waals surface area contributed by atoms with Crippen LogP contribution < -0.4 is 20.9 Å². The van der Waals surface area contributed by atoms with E-state index in [4.69, 9.17) is 16.3 Å². The highest BCUT2D eigenvalue weighted by atomic mass is 35.5. The molecule has 3 aromatic rings. The molecule has 0 atom stereocenters. The van der Waals surface area contributed by atoms with Crippen LogP contribution in [0.3, 0.4) is 0 Å². The molecule has 0 spiro atoms. The molecule has 0 saturated heterocycles. The predicted molar refractivity (Wildman–Crippen MR) is 105 cm³/mol. The van der Waals surface area contributed by atoms with E-state index in [9.17, 15) is 13.6 Å². The Morgan fingerprint density at radius 1 is 1.18 bits per heavy atom. The predicted octanol–water partition coefficient (Wildman–Crippen LogP) is 4.43. The summed E-state index contributed by atoms with van der Waals surface area (Å²) < 4.78 is 34.3. The maximum absolute atomic E-state index is 14.2. The number of hydrogen-bond acceptors (Lipinski definition) is 5. The molecule has 1 heterocycles. The fourth-order valence-electron chi connectivity index (χ4n) is 2.56. The number of anilines is 2. The molecule has 0 radical (unpaired) electrons. The Balaban J connectivity index is 2.22. The van der Waals surface area contributed by atoms with Gasteiger partial charge in [-0.05, 0) is 49.4 Å². The minimum atomic E-state index is -0.713. The molecule has 6 nitrogen and oxygen atoms in total. The molecule has 0 aliphatic carbocycles. The van der Waals surface area contributed by atoms with Crippen LogP contribution in [0.1, 0.15) is 6.92 Å². The fraction of sp³-hybridized carbons (Fsp3) is 0.158. The number of ether oxygens (including phenoxy) is 1. The largest absolute Gasteiger partial charge is 0.422 e. The lowest BCUT2D eigenvalue weighted by Crippen LogP contribution is -2.25. The van der Waals surface area contributed by atoms with Crippen molar-refractivity contribution in [1.82, 2.24) is 9.55 Å². The van der Waals surface area contributed by atoms with Crippen molar-refractivity contribution in [2.24, 2.45) is 0 Å². The van der Waals surface area contributed by atoms with Crippen LogP contribution in [0.15, 0.2) is 47.3 Å². The van der Waals surface area contributed by atoms with Crippen molar-refractivity contribution >= 4 is 23.1 Å². The van der Waals surface area contributed by atoms with E-state index in [1.807, 2.05) is 6.92 Å². The van der Waals surface area contributed by atoms with Gasteiger partial charge in [0, 0.05) is 18.6 Å². The number of rotatable bonds is 6. The van der Waals surface area contributed by atoms with Crippen LogP contribution in [0.4, 0.5) is 20.3 Å². The first-order valence-corrected chi connectivity index (χ1v) is 8.80. The van der Waals surface area contributed by atoms with Gasteiger partial charge in [-0.15, -0.1) is 0 Å². The average Bonchev–Trinajstić information content (AvgIpc) is 2.66. The Morgan fingerprint density at radius 3 is 2.50 bits per heavy atom. The molecule has 2 N–H and O–H groups in total. The zero-order chi connectivity index (χ0) is 20.3. The standard InChI is InChI=1S/C19H17ClF2N4O2/c1-3-24-17-16(23-2)18(27)26(13-7-5-12(21)6-8-13)19(25-17)28-15-9-4-11(20)10-14(15)22/h4-10,23-24H,3H2,1-2H3. The van der Waals surface area contributed by atoms with Gasteiger partial charge in [-0.3, -0.25) is 4.79 Å². The smallest absolute Gasteiger partial charge is 0.311 e. The number of nitrogens with one attached hydrogen (secondary N) is 2. The zero-order valence-electron chi connectivity index (χ0n) is 15.1. The quantitative estimate of drug-likeness (QED) is 0.633. The molecule has 9 heteroatoms. The first kappa shape index (κ1) is 19.6. The number of halogens is 3. The van der Waals surface area contributed by atoms with E-state index in [0.717, 1.165) is 10.6 Å². The van der Waals surface area contributed by atoms with Gasteiger partial charge in [0.25, 0.3) is 5.56 Å². The highest BCUT2D eigenvalue weighted by Crippen LogP contribution is 2.29. The van der Waals surface area contributed by atoms with Gasteiger partial charge in [-0.1, -0.05) is 11.6 Å². The van der Waals surface area contributed by atoms with E-state index in [2.05, 4.69) is 15.6 Å². The molecule has 3 rings (SSSR count). The lowest BCUT2D eigenvalue weighted by molar-refractivity contribution is 0.398. The average molecular weight is 407 g/mol. The van der Waals surface area contributed by atoms with Crippen LogP contribution in [0.5, 0.6) is 11.8 Å². The minimum absolute atomic E-state index is 0.160. The molecule has 0 saturated carbocycles. The first-order chi connectivity index (χ1) is 13.4. The van der Waals surface area contributed by atoms with Gasteiger partial charge in [0.05, 0.1) is 5.69 Å². The van der Waals surface area contributed by atoms with Crippen LogP contribution in [0.2, 0.25) is 5.02 Å². The molecule has 2 aromatic carbocycles. The van der Waals surface area contributed by atoms with Crippen molar-refractivity contribution in [2.75, 3.05) is 24.2 Å². The maximum Gasteiger partial charge on any atom is 0.311 e. The van der Waals surface area contributed by atoms with Gasteiger partial charge in [-0.25, -0.2) is 13.3 Å². The van der Waals surface area contributed by atoms with Crippen molar-refractivity contribution < 1.29 is 13.5 Å². The minimum Gasteiger partial charge on any atom is -0.422 e. The first-order valence-electron chi connectivity index (χ1n) is 8.42. The van der Waals surface area contributed by atoms with Gasteiger partial charge >= 0.3 is 6.01 Å². The summed E-state index contributed by atoms with van der Waals surface area (Å²) in [5, 5.41) is 5.97. The summed E-state index contributed by atoms with van der Waals surface area (Å²) in [6.07, 6.45) is 0. The molecular formula is C19H17ClF2N4O2. The van der Waals surface area contributed by atoms with Gasteiger partial charge < -0.3 is 15.4 Å². The Hall–Kier alpha value is -3.13. The molecule has 0 unspecified atom stereocenters. The summed E-state index contributed by atoms with van der Waals surface area (Å²) in [7, 11) is 1.58. The molecule has 0 amide bonds. The zero-order valence-corrected chi connectivity index (χ0v) is 15.8. The summed E-state index contributed by atoms with van der Waals surface area (Å²) in [6, 6.07) is 8.88. The van der Waals surface area contributed by atoms with E-state index < -0.39 is 17.2 Å². The monoisotopic (exact) mass is 406 g/mol. The molecule has 0 aliphatic heterocycles. The topological polar surface area (TPSA) is 68.2 Å². The van der Waals surface area contributed by atoms with Crippen LogP contribution in [0, 0.1) is 11.6 Å². The lowest BCUT2D eigenvalue weighted by atomic mass is 10.3. The third-order valence-corrected chi connectivity index (χ3v) is 4.06. The normalized spacial score (nSPS) is 10.6. The van der Waals surface area contributed by atoms with Crippen LogP contribution in [-0.2, 0) is 0 Å². The fourth-order valence-corrected chi connectivity index (χ4v) is 2.72. The third-order valence-electron chi connectivity index (χ3n) is 3.83. The molecule has 0 fully saturated rings. The van der Waals surface area contributed by atoms with Crippen molar-refractivity contribution in [3.63, 3.8) is 0 Å². The summed E-state index contributed by atoms with van der Waals surface area (Å²) in [5.41, 5.74) is 0.00218. The summed E-state index contributed by atoms with van der Waals surface area (Å²) >= 11 is 5.77. The van der Waals surface area contributed by atoms with E-state index >= 15 is 0 Å². The second-order valence-electron chi connectivity index (χ2n) is 5.69. The second kappa shape index (κ2) is 8.26. The van der Waals surface area contributed by atoms with Gasteiger partial charge in [0.2, 0.25) is 0 Å². The highest BCUT2D eigenvalue weighted by molar-refractivity contribution is 6.30. The van der Waals surface area contributed by atoms with Crippen LogP contribution >= 0.6 is 11.6 Å². The number of benzene rings is 2. The molecule has 0 aliphatic rings. The Morgan fingerprint density at radius 2 is 1.89 bits per heavy atom. The summed E-state index contributed by atoms with van der Waals surface area (Å²) in [5.74, 6) is -1.09. The van der Waals surface area contributed by atoms with Crippen molar-refractivity contribution in [3.05, 3.63) is 69.5 Å². The van der Waals surface area contributed by atoms with E-state index in [1.165, 1.54) is 36.4 Å². The number of hydrogen-bond donors (Lipinski definition) is 2. The molecule has 1 aromatic heterocycles. The van der Waals surface area contributed by atoms with Gasteiger partial charge in [0.15, 0.2) is 17.4 Å². The summed E-state index contributed by atoms with van der Waals surface area (Å²) in [6.45, 7) is 2.34. The van der Waals surface area contributed by atoms with E-state index in [1.54, 1.807) is 7.05 Å². The Kier molecular flexibility index (Phi) is 5.79. The Bertz CT molecular complexity index is 1060. The number of nitrogens with zero attached hydrogens (tertiary/aromatic N) is 2. The SMILES string of the molecule is CCNc1nc(Oc2ccc(Cl)cc2F)n(-c2ccc(F)cc2)c(=O)c1NC. The van der Waals surface area contributed by atoms with E-state index in [0.29, 0.717) is 12.2 Å². The van der Waals surface area contributed by atoms with Gasteiger partial charge in [-0.2, -0.15) is 4.98 Å². The second-order valence-corrected chi connectivity index (χ2v) is 6.13. The summed E-state index contributed by atoms with van der Waals surface area (Å²) in [4.78, 5) is 17.4. The van der Waals surface area contributed by atoms with Crippen molar-refractivity contribution in [1.29, 1.82) is 0 Å². The lowest BCUT2D eigenvalue weighted by Gasteiger charge is -2.17. The van der Waals surface area contributed by atoms with Gasteiger partial charge in [0.1, 0.15) is 11.5 Å². The molecular weight excluding hydrogens is 390 g/mol. The number of aromatic nitrogens is 2. The highest BCUT2D eigenvalue weighted by Gasteiger charge is 2.20. The third kappa shape index (κ3) is 3.91. The molecule has 0 bridgehead atoms. The molecule has 28 heavy (non-hydrogen) atoms. The van der Waals surface area contributed by atoms with Crippen LogP contribution in [0.25, 0.3) is 5.69 Å². The Labute approximate surface area is 164 Å². The van der Waals surface area contributed by atoms with E-state index in [-0.39, 0.29) is 28.3 Å². The van der Waals surface area contributed by atoms with Crippen molar-refractivity contribution in [3.8, 4) is 17.4 Å². The molecule has 146 valence electrons. The maximum atomic E-state index is 14.2.